The third-order valence-electron chi connectivity index (χ3n) is 2.84. The van der Waals surface area contributed by atoms with E-state index in [1.54, 1.807) is 17.1 Å². The molecular formula is C15H18N2O2. The fourth-order valence-corrected chi connectivity index (χ4v) is 2.03. The number of benzene rings is 1. The van der Waals surface area contributed by atoms with E-state index in [1.165, 1.54) is 5.56 Å². The predicted octanol–water partition coefficient (Wildman–Crippen LogP) is 2.83. The molecule has 0 saturated carbocycles. The topological polar surface area (TPSA) is 55.1 Å². The van der Waals surface area contributed by atoms with Crippen molar-refractivity contribution >= 4 is 5.97 Å². The van der Waals surface area contributed by atoms with Gasteiger partial charge >= 0.3 is 5.97 Å². The fourth-order valence-electron chi connectivity index (χ4n) is 2.03. The van der Waals surface area contributed by atoms with Crippen LogP contribution in [0.15, 0.2) is 36.8 Å². The van der Waals surface area contributed by atoms with Crippen molar-refractivity contribution in [2.45, 2.75) is 26.8 Å². The van der Waals surface area contributed by atoms with Crippen LogP contribution in [-0.2, 0) is 17.8 Å². The van der Waals surface area contributed by atoms with Gasteiger partial charge in [0.2, 0.25) is 0 Å². The van der Waals surface area contributed by atoms with Gasteiger partial charge in [-0.05, 0) is 17.9 Å². The van der Waals surface area contributed by atoms with Crippen LogP contribution in [0.4, 0.5) is 0 Å². The molecule has 0 radical (unpaired) electrons. The molecule has 0 aliphatic heterocycles. The number of rotatable bonds is 5. The maximum Gasteiger partial charge on any atom is 0.323 e. The highest BCUT2D eigenvalue weighted by atomic mass is 16.4. The van der Waals surface area contributed by atoms with Crippen molar-refractivity contribution in [3.8, 4) is 11.3 Å². The molecule has 1 aromatic carbocycles. The van der Waals surface area contributed by atoms with Crippen molar-refractivity contribution in [2.75, 3.05) is 0 Å². The van der Waals surface area contributed by atoms with Crippen molar-refractivity contribution < 1.29 is 9.90 Å². The standard InChI is InChI=1S/C15H18N2O2/c1-11(2)7-12-3-5-13(6-4-12)14-8-17(10-16-14)9-15(18)19/h3-6,8,10-11H,7,9H2,1-2H3,(H,18,19). The first-order chi connectivity index (χ1) is 9.04. The summed E-state index contributed by atoms with van der Waals surface area (Å²) in [5.74, 6) is -0.225. The van der Waals surface area contributed by atoms with E-state index in [4.69, 9.17) is 5.11 Å². The van der Waals surface area contributed by atoms with Gasteiger partial charge in [0.15, 0.2) is 0 Å². The summed E-state index contributed by atoms with van der Waals surface area (Å²) in [6.45, 7) is 4.33. The van der Waals surface area contributed by atoms with Gasteiger partial charge in [0.05, 0.1) is 12.0 Å². The Morgan fingerprint density at radius 2 is 2.00 bits per heavy atom. The lowest BCUT2D eigenvalue weighted by Gasteiger charge is -2.05. The molecule has 0 unspecified atom stereocenters. The molecule has 1 aromatic heterocycles. The van der Waals surface area contributed by atoms with E-state index in [1.807, 2.05) is 12.1 Å². The lowest BCUT2D eigenvalue weighted by molar-refractivity contribution is -0.137. The number of aliphatic carboxylic acids is 1. The Bertz CT molecular complexity index is 556. The molecule has 2 aromatic rings. The molecule has 0 saturated heterocycles. The molecule has 4 heteroatoms. The molecule has 0 aliphatic carbocycles. The number of carboxylic acid groups (broad SMARTS) is 1. The fraction of sp³-hybridized carbons (Fsp3) is 0.333. The summed E-state index contributed by atoms with van der Waals surface area (Å²) < 4.78 is 1.57. The zero-order chi connectivity index (χ0) is 13.8. The van der Waals surface area contributed by atoms with Gasteiger partial charge < -0.3 is 9.67 Å². The largest absolute Gasteiger partial charge is 0.480 e. The first-order valence-corrected chi connectivity index (χ1v) is 6.37. The number of carboxylic acids is 1. The van der Waals surface area contributed by atoms with Crippen molar-refractivity contribution in [3.05, 3.63) is 42.4 Å². The summed E-state index contributed by atoms with van der Waals surface area (Å²) in [6.07, 6.45) is 4.37. The van der Waals surface area contributed by atoms with E-state index in [0.29, 0.717) is 5.92 Å². The van der Waals surface area contributed by atoms with Crippen LogP contribution in [-0.4, -0.2) is 20.6 Å². The van der Waals surface area contributed by atoms with Gasteiger partial charge in [-0.25, -0.2) is 4.98 Å². The molecule has 0 atom stereocenters. The summed E-state index contributed by atoms with van der Waals surface area (Å²) in [5.41, 5.74) is 3.12. The maximum absolute atomic E-state index is 10.6. The average Bonchev–Trinajstić information content (AvgIpc) is 2.76. The van der Waals surface area contributed by atoms with Crippen LogP contribution in [0.3, 0.4) is 0 Å². The lowest BCUT2D eigenvalue weighted by Crippen LogP contribution is -2.06. The van der Waals surface area contributed by atoms with Crippen LogP contribution in [0.2, 0.25) is 0 Å². The molecule has 0 spiro atoms. The number of nitrogens with zero attached hydrogens (tertiary/aromatic N) is 2. The second kappa shape index (κ2) is 5.69. The summed E-state index contributed by atoms with van der Waals surface area (Å²) in [7, 11) is 0. The van der Waals surface area contributed by atoms with Gasteiger partial charge in [-0.2, -0.15) is 0 Å². The second-order valence-electron chi connectivity index (χ2n) is 5.12. The Morgan fingerprint density at radius 3 is 2.58 bits per heavy atom. The van der Waals surface area contributed by atoms with Gasteiger partial charge in [-0.3, -0.25) is 4.79 Å². The normalized spacial score (nSPS) is 10.9. The molecule has 0 amide bonds. The Balaban J connectivity index is 2.13. The van der Waals surface area contributed by atoms with Crippen molar-refractivity contribution in [1.82, 2.24) is 9.55 Å². The summed E-state index contributed by atoms with van der Waals surface area (Å²) in [5, 5.41) is 8.72. The SMILES string of the molecule is CC(C)Cc1ccc(-c2cn(CC(=O)O)cn2)cc1. The Hall–Kier alpha value is -2.10. The second-order valence-corrected chi connectivity index (χ2v) is 5.12. The van der Waals surface area contributed by atoms with Gasteiger partial charge in [0.1, 0.15) is 6.54 Å². The summed E-state index contributed by atoms with van der Waals surface area (Å²) in [4.78, 5) is 14.8. The Labute approximate surface area is 112 Å². The first-order valence-electron chi connectivity index (χ1n) is 6.37. The molecule has 4 nitrogen and oxygen atoms in total. The maximum atomic E-state index is 10.6. The van der Waals surface area contributed by atoms with Crippen molar-refractivity contribution in [1.29, 1.82) is 0 Å². The van der Waals surface area contributed by atoms with E-state index < -0.39 is 5.97 Å². The third-order valence-corrected chi connectivity index (χ3v) is 2.84. The number of aromatic nitrogens is 2. The number of imidazole rings is 1. The first kappa shape index (κ1) is 13.3. The summed E-state index contributed by atoms with van der Waals surface area (Å²) >= 11 is 0. The van der Waals surface area contributed by atoms with E-state index in [2.05, 4.69) is 31.0 Å². The van der Waals surface area contributed by atoms with Crippen LogP contribution in [0.5, 0.6) is 0 Å². The molecule has 100 valence electrons. The number of hydrogen-bond donors (Lipinski definition) is 1. The monoisotopic (exact) mass is 258 g/mol. The van der Waals surface area contributed by atoms with Gasteiger partial charge in [0.25, 0.3) is 0 Å². The van der Waals surface area contributed by atoms with Crippen LogP contribution >= 0.6 is 0 Å². The van der Waals surface area contributed by atoms with Crippen LogP contribution in [0, 0.1) is 5.92 Å². The quantitative estimate of drug-likeness (QED) is 0.897. The zero-order valence-electron chi connectivity index (χ0n) is 11.2. The van der Waals surface area contributed by atoms with Crippen molar-refractivity contribution in [2.24, 2.45) is 5.92 Å². The molecule has 1 heterocycles. The number of carbonyl (C=O) groups is 1. The highest BCUT2D eigenvalue weighted by Crippen LogP contribution is 2.18. The molecule has 2 rings (SSSR count). The number of hydrogen-bond acceptors (Lipinski definition) is 2. The average molecular weight is 258 g/mol. The van der Waals surface area contributed by atoms with E-state index in [9.17, 15) is 4.79 Å². The van der Waals surface area contributed by atoms with Gasteiger partial charge in [-0.1, -0.05) is 38.1 Å². The smallest absolute Gasteiger partial charge is 0.323 e. The van der Waals surface area contributed by atoms with E-state index in [0.717, 1.165) is 17.7 Å². The molecule has 0 fully saturated rings. The minimum Gasteiger partial charge on any atom is -0.480 e. The molecule has 0 aliphatic rings. The minimum absolute atomic E-state index is 0.0571. The third kappa shape index (κ3) is 3.68. The summed E-state index contributed by atoms with van der Waals surface area (Å²) in [6, 6.07) is 8.27. The lowest BCUT2D eigenvalue weighted by atomic mass is 10.0. The molecular weight excluding hydrogens is 240 g/mol. The van der Waals surface area contributed by atoms with Crippen LogP contribution < -0.4 is 0 Å². The van der Waals surface area contributed by atoms with Gasteiger partial charge in [0, 0.05) is 11.8 Å². The predicted molar refractivity (Wildman–Crippen MR) is 73.8 cm³/mol. The molecule has 19 heavy (non-hydrogen) atoms. The van der Waals surface area contributed by atoms with E-state index >= 15 is 0 Å². The molecule has 0 bridgehead atoms. The van der Waals surface area contributed by atoms with Crippen LogP contribution in [0.25, 0.3) is 11.3 Å². The highest BCUT2D eigenvalue weighted by Gasteiger charge is 2.05. The van der Waals surface area contributed by atoms with Crippen LogP contribution in [0.1, 0.15) is 19.4 Å². The van der Waals surface area contributed by atoms with Crippen molar-refractivity contribution in [3.63, 3.8) is 0 Å². The zero-order valence-corrected chi connectivity index (χ0v) is 11.2. The Morgan fingerprint density at radius 1 is 1.32 bits per heavy atom. The van der Waals surface area contributed by atoms with E-state index in [-0.39, 0.29) is 6.54 Å². The molecule has 1 N–H and O–H groups in total. The van der Waals surface area contributed by atoms with Gasteiger partial charge in [-0.15, -0.1) is 0 Å². The Kier molecular flexibility index (Phi) is 4.00. The minimum atomic E-state index is -0.865. The highest BCUT2D eigenvalue weighted by molar-refractivity contribution is 5.67.